The molecule has 0 aliphatic heterocycles. The van der Waals surface area contributed by atoms with Crippen molar-refractivity contribution >= 4 is 28.9 Å². The number of halogens is 1. The van der Waals surface area contributed by atoms with Crippen LogP contribution in [-0.2, 0) is 4.79 Å². The largest absolute Gasteiger partial charge is 0.384 e. The van der Waals surface area contributed by atoms with Crippen molar-refractivity contribution in [1.82, 2.24) is 0 Å². The van der Waals surface area contributed by atoms with Crippen molar-refractivity contribution < 1.29 is 4.79 Å². The highest BCUT2D eigenvalue weighted by atomic mass is 35.5. The van der Waals surface area contributed by atoms with Crippen molar-refractivity contribution in [1.29, 1.82) is 0 Å². The van der Waals surface area contributed by atoms with E-state index in [2.05, 4.69) is 10.6 Å². The molecule has 4 heteroatoms. The van der Waals surface area contributed by atoms with Crippen LogP contribution in [0.1, 0.15) is 17.5 Å². The molecule has 2 rings (SSSR count). The zero-order valence-electron chi connectivity index (χ0n) is 12.2. The van der Waals surface area contributed by atoms with Gasteiger partial charge in [-0.1, -0.05) is 29.8 Å². The van der Waals surface area contributed by atoms with E-state index in [9.17, 15) is 4.79 Å². The van der Waals surface area contributed by atoms with E-state index in [1.807, 2.05) is 56.3 Å². The lowest BCUT2D eigenvalue weighted by Gasteiger charge is -2.11. The van der Waals surface area contributed by atoms with Crippen molar-refractivity contribution in [2.45, 2.75) is 20.3 Å². The van der Waals surface area contributed by atoms with Crippen molar-refractivity contribution in [2.75, 3.05) is 17.2 Å². The van der Waals surface area contributed by atoms with Gasteiger partial charge in [0.05, 0.1) is 0 Å². The minimum atomic E-state index is 0.00316. The highest BCUT2D eigenvalue weighted by Gasteiger charge is 2.05. The van der Waals surface area contributed by atoms with Gasteiger partial charge in [0.15, 0.2) is 0 Å². The second kappa shape index (κ2) is 7.14. The van der Waals surface area contributed by atoms with Gasteiger partial charge in [-0.05, 0) is 49.2 Å². The molecular formula is C17H19ClN2O. The standard InChI is InChI=1S/C17H19ClN2O/c1-12-5-3-4-6-16(12)20-17(21)9-10-19-15-8-7-14(18)11-13(15)2/h3-8,11,19H,9-10H2,1-2H3,(H,20,21). The summed E-state index contributed by atoms with van der Waals surface area (Å²) in [5, 5.41) is 6.89. The highest BCUT2D eigenvalue weighted by Crippen LogP contribution is 2.19. The van der Waals surface area contributed by atoms with Crippen LogP contribution in [0.25, 0.3) is 0 Å². The molecule has 0 saturated heterocycles. The molecule has 0 radical (unpaired) electrons. The van der Waals surface area contributed by atoms with Gasteiger partial charge in [-0.3, -0.25) is 4.79 Å². The molecule has 0 spiro atoms. The maximum absolute atomic E-state index is 11.9. The maximum Gasteiger partial charge on any atom is 0.226 e. The fourth-order valence-corrected chi connectivity index (χ4v) is 2.29. The van der Waals surface area contributed by atoms with E-state index in [1.54, 1.807) is 0 Å². The lowest BCUT2D eigenvalue weighted by Crippen LogP contribution is -2.17. The van der Waals surface area contributed by atoms with Crippen LogP contribution in [0.15, 0.2) is 42.5 Å². The SMILES string of the molecule is Cc1cc(Cl)ccc1NCCC(=O)Nc1ccccc1C. The zero-order valence-corrected chi connectivity index (χ0v) is 13.0. The number of hydrogen-bond acceptors (Lipinski definition) is 2. The summed E-state index contributed by atoms with van der Waals surface area (Å²) < 4.78 is 0. The second-order valence-electron chi connectivity index (χ2n) is 5.00. The van der Waals surface area contributed by atoms with Gasteiger partial charge < -0.3 is 10.6 Å². The summed E-state index contributed by atoms with van der Waals surface area (Å²) in [6.07, 6.45) is 0.413. The first kappa shape index (κ1) is 15.4. The molecule has 0 fully saturated rings. The van der Waals surface area contributed by atoms with Crippen molar-refractivity contribution in [3.8, 4) is 0 Å². The fourth-order valence-electron chi connectivity index (χ4n) is 2.06. The summed E-state index contributed by atoms with van der Waals surface area (Å²) >= 11 is 5.91. The van der Waals surface area contributed by atoms with E-state index in [4.69, 9.17) is 11.6 Å². The molecule has 0 unspecified atom stereocenters. The van der Waals surface area contributed by atoms with Crippen LogP contribution in [0.3, 0.4) is 0 Å². The summed E-state index contributed by atoms with van der Waals surface area (Å²) in [5.41, 5.74) is 4.00. The molecule has 2 aromatic rings. The van der Waals surface area contributed by atoms with E-state index in [-0.39, 0.29) is 5.91 Å². The number of amides is 1. The molecule has 0 atom stereocenters. The molecule has 0 bridgehead atoms. The summed E-state index contributed by atoms with van der Waals surface area (Å²) in [6.45, 7) is 4.55. The molecule has 0 heterocycles. The lowest BCUT2D eigenvalue weighted by molar-refractivity contribution is -0.115. The normalized spacial score (nSPS) is 10.2. The van der Waals surface area contributed by atoms with Crippen molar-refractivity contribution in [3.05, 3.63) is 58.6 Å². The van der Waals surface area contributed by atoms with Gasteiger partial charge in [-0.15, -0.1) is 0 Å². The monoisotopic (exact) mass is 302 g/mol. The first-order valence-corrected chi connectivity index (χ1v) is 7.29. The van der Waals surface area contributed by atoms with Gasteiger partial charge in [0.2, 0.25) is 5.91 Å². The van der Waals surface area contributed by atoms with Crippen LogP contribution < -0.4 is 10.6 Å². The van der Waals surface area contributed by atoms with Gasteiger partial charge in [0, 0.05) is 29.4 Å². The maximum atomic E-state index is 11.9. The number of anilines is 2. The Morgan fingerprint density at radius 1 is 1.05 bits per heavy atom. The molecular weight excluding hydrogens is 284 g/mol. The third kappa shape index (κ3) is 4.50. The zero-order chi connectivity index (χ0) is 15.2. The van der Waals surface area contributed by atoms with Crippen LogP contribution >= 0.6 is 11.6 Å². The molecule has 1 amide bonds. The lowest BCUT2D eigenvalue weighted by atomic mass is 10.2. The minimum absolute atomic E-state index is 0.00316. The number of carbonyl (C=O) groups excluding carboxylic acids is 1. The number of hydrogen-bond donors (Lipinski definition) is 2. The number of carbonyl (C=O) groups is 1. The predicted octanol–water partition coefficient (Wildman–Crippen LogP) is 4.40. The van der Waals surface area contributed by atoms with Crippen LogP contribution in [0.2, 0.25) is 5.02 Å². The fraction of sp³-hybridized carbons (Fsp3) is 0.235. The van der Waals surface area contributed by atoms with E-state index < -0.39 is 0 Å². The van der Waals surface area contributed by atoms with Crippen LogP contribution in [0.4, 0.5) is 11.4 Å². The minimum Gasteiger partial charge on any atom is -0.384 e. The highest BCUT2D eigenvalue weighted by molar-refractivity contribution is 6.30. The third-order valence-electron chi connectivity index (χ3n) is 3.28. The van der Waals surface area contributed by atoms with E-state index in [0.717, 1.165) is 27.5 Å². The predicted molar refractivity (Wildman–Crippen MR) is 89.1 cm³/mol. The smallest absolute Gasteiger partial charge is 0.226 e. The molecule has 2 aromatic carbocycles. The third-order valence-corrected chi connectivity index (χ3v) is 3.51. The molecule has 2 N–H and O–H groups in total. The Kier molecular flexibility index (Phi) is 5.23. The molecule has 21 heavy (non-hydrogen) atoms. The van der Waals surface area contributed by atoms with Crippen LogP contribution in [0.5, 0.6) is 0 Å². The average Bonchev–Trinajstić information content (AvgIpc) is 2.44. The average molecular weight is 303 g/mol. The Hall–Kier alpha value is -2.00. The quantitative estimate of drug-likeness (QED) is 0.859. The number of nitrogens with one attached hydrogen (secondary N) is 2. The van der Waals surface area contributed by atoms with E-state index >= 15 is 0 Å². The van der Waals surface area contributed by atoms with Gasteiger partial charge >= 0.3 is 0 Å². The first-order chi connectivity index (χ1) is 10.1. The summed E-state index contributed by atoms with van der Waals surface area (Å²) in [6, 6.07) is 13.4. The second-order valence-corrected chi connectivity index (χ2v) is 5.44. The van der Waals surface area contributed by atoms with Gasteiger partial charge in [-0.25, -0.2) is 0 Å². The first-order valence-electron chi connectivity index (χ1n) is 6.92. The van der Waals surface area contributed by atoms with Crippen molar-refractivity contribution in [3.63, 3.8) is 0 Å². The molecule has 3 nitrogen and oxygen atoms in total. The Bertz CT molecular complexity index is 640. The van der Waals surface area contributed by atoms with Crippen molar-refractivity contribution in [2.24, 2.45) is 0 Å². The summed E-state index contributed by atoms with van der Waals surface area (Å²) in [7, 11) is 0. The number of rotatable bonds is 5. The molecule has 0 aliphatic rings. The van der Waals surface area contributed by atoms with Crippen LogP contribution in [0, 0.1) is 13.8 Å². The van der Waals surface area contributed by atoms with Crippen LogP contribution in [-0.4, -0.2) is 12.5 Å². The van der Waals surface area contributed by atoms with Gasteiger partial charge in [0.1, 0.15) is 0 Å². The molecule has 110 valence electrons. The summed E-state index contributed by atoms with van der Waals surface area (Å²) in [5.74, 6) is 0.00316. The van der Waals surface area contributed by atoms with Gasteiger partial charge in [0.25, 0.3) is 0 Å². The molecule has 0 saturated carbocycles. The topological polar surface area (TPSA) is 41.1 Å². The molecule has 0 aromatic heterocycles. The molecule has 0 aliphatic carbocycles. The van der Waals surface area contributed by atoms with Gasteiger partial charge in [-0.2, -0.15) is 0 Å². The Morgan fingerprint density at radius 3 is 2.52 bits per heavy atom. The van der Waals surface area contributed by atoms with E-state index in [1.165, 1.54) is 0 Å². The number of para-hydroxylation sites is 1. The number of benzene rings is 2. The Balaban J connectivity index is 1.83. The Labute approximate surface area is 130 Å². The number of aryl methyl sites for hydroxylation is 2. The Morgan fingerprint density at radius 2 is 1.81 bits per heavy atom. The van der Waals surface area contributed by atoms with E-state index in [0.29, 0.717) is 13.0 Å². The summed E-state index contributed by atoms with van der Waals surface area (Å²) in [4.78, 5) is 11.9.